The molecule has 1 unspecified atom stereocenters. The lowest BCUT2D eigenvalue weighted by atomic mass is 10.0. The Morgan fingerprint density at radius 1 is 1.39 bits per heavy atom. The van der Waals surface area contributed by atoms with Crippen molar-refractivity contribution in [3.63, 3.8) is 0 Å². The maximum absolute atomic E-state index is 4.78. The molecule has 1 N–H and O–H groups in total. The van der Waals surface area contributed by atoms with E-state index in [-0.39, 0.29) is 0 Å². The summed E-state index contributed by atoms with van der Waals surface area (Å²) in [6, 6.07) is 7.24. The summed E-state index contributed by atoms with van der Waals surface area (Å²) >= 11 is 0. The van der Waals surface area contributed by atoms with Crippen molar-refractivity contribution >= 4 is 11.0 Å². The van der Waals surface area contributed by atoms with Crippen LogP contribution < -0.4 is 5.32 Å². The van der Waals surface area contributed by atoms with E-state index in [1.807, 2.05) is 0 Å². The van der Waals surface area contributed by atoms with E-state index in [2.05, 4.69) is 49.0 Å². The van der Waals surface area contributed by atoms with Crippen molar-refractivity contribution in [2.24, 2.45) is 7.05 Å². The maximum atomic E-state index is 4.78. The van der Waals surface area contributed by atoms with Gasteiger partial charge in [-0.15, -0.1) is 0 Å². The van der Waals surface area contributed by atoms with Gasteiger partial charge < -0.3 is 9.88 Å². The molecule has 0 saturated carbocycles. The van der Waals surface area contributed by atoms with E-state index >= 15 is 0 Å². The highest BCUT2D eigenvalue weighted by molar-refractivity contribution is 5.77. The fraction of sp³-hybridized carbons (Fsp3) is 0.533. The third kappa shape index (κ3) is 1.83. The van der Waals surface area contributed by atoms with E-state index in [1.165, 1.54) is 29.7 Å². The molecule has 3 heteroatoms. The first-order valence-electron chi connectivity index (χ1n) is 6.86. The van der Waals surface area contributed by atoms with Crippen molar-refractivity contribution in [3.8, 4) is 0 Å². The molecule has 1 atom stereocenters. The second-order valence-electron chi connectivity index (χ2n) is 5.58. The van der Waals surface area contributed by atoms with E-state index in [0.29, 0.717) is 12.0 Å². The molecule has 0 spiro atoms. The Labute approximate surface area is 108 Å². The molecule has 1 aliphatic rings. The third-order valence-electron chi connectivity index (χ3n) is 3.92. The van der Waals surface area contributed by atoms with Gasteiger partial charge in [-0.1, -0.05) is 19.9 Å². The highest BCUT2D eigenvalue weighted by Crippen LogP contribution is 2.27. The Morgan fingerprint density at radius 3 is 2.89 bits per heavy atom. The number of rotatable bonds is 2. The number of fused-ring (bicyclic) bond motifs is 1. The van der Waals surface area contributed by atoms with Gasteiger partial charge in [0.2, 0.25) is 0 Å². The number of aromatic nitrogens is 2. The predicted octanol–water partition coefficient (Wildman–Crippen LogP) is 3.12. The van der Waals surface area contributed by atoms with Crippen molar-refractivity contribution in [3.05, 3.63) is 29.6 Å². The molecule has 1 fully saturated rings. The molecule has 18 heavy (non-hydrogen) atoms. The number of hydrogen-bond donors (Lipinski definition) is 1. The van der Waals surface area contributed by atoms with Crippen molar-refractivity contribution in [1.82, 2.24) is 14.9 Å². The summed E-state index contributed by atoms with van der Waals surface area (Å²) < 4.78 is 2.21. The summed E-state index contributed by atoms with van der Waals surface area (Å²) in [6.07, 6.45) is 2.53. The van der Waals surface area contributed by atoms with Gasteiger partial charge in [0, 0.05) is 19.0 Å². The first-order valence-corrected chi connectivity index (χ1v) is 6.86. The van der Waals surface area contributed by atoms with Crippen LogP contribution >= 0.6 is 0 Å². The van der Waals surface area contributed by atoms with E-state index in [1.54, 1.807) is 0 Å². The summed E-state index contributed by atoms with van der Waals surface area (Å²) in [5.74, 6) is 1.64. The zero-order chi connectivity index (χ0) is 12.7. The lowest BCUT2D eigenvalue weighted by Crippen LogP contribution is -2.12. The SMILES string of the molecule is CC(C)c1nc2cc(C3CCCN3)ccc2n1C. The number of benzene rings is 1. The van der Waals surface area contributed by atoms with Crippen LogP contribution in [0.1, 0.15) is 50.0 Å². The second kappa shape index (κ2) is 4.39. The molecule has 96 valence electrons. The van der Waals surface area contributed by atoms with Crippen LogP contribution in [0.2, 0.25) is 0 Å². The zero-order valence-corrected chi connectivity index (χ0v) is 11.4. The van der Waals surface area contributed by atoms with Crippen LogP contribution in [-0.2, 0) is 7.05 Å². The monoisotopic (exact) mass is 243 g/mol. The molecular weight excluding hydrogens is 222 g/mol. The molecule has 1 aliphatic heterocycles. The van der Waals surface area contributed by atoms with Crippen LogP contribution in [0.5, 0.6) is 0 Å². The highest BCUT2D eigenvalue weighted by Gasteiger charge is 2.18. The molecule has 0 amide bonds. The molecule has 1 saturated heterocycles. The van der Waals surface area contributed by atoms with Crippen LogP contribution in [-0.4, -0.2) is 16.1 Å². The fourth-order valence-corrected chi connectivity index (χ4v) is 2.94. The number of imidazole rings is 1. The lowest BCUT2D eigenvalue weighted by molar-refractivity contribution is 0.648. The van der Waals surface area contributed by atoms with Gasteiger partial charge in [-0.3, -0.25) is 0 Å². The Morgan fingerprint density at radius 2 is 2.22 bits per heavy atom. The first-order chi connectivity index (χ1) is 8.66. The van der Waals surface area contributed by atoms with Crippen molar-refractivity contribution in [2.75, 3.05) is 6.54 Å². The molecule has 2 aromatic rings. The highest BCUT2D eigenvalue weighted by atomic mass is 15.1. The van der Waals surface area contributed by atoms with Crippen LogP contribution in [0.3, 0.4) is 0 Å². The summed E-state index contributed by atoms with van der Waals surface area (Å²) in [5, 5.41) is 3.55. The molecule has 1 aromatic carbocycles. The number of nitrogens with zero attached hydrogens (tertiary/aromatic N) is 2. The summed E-state index contributed by atoms with van der Waals surface area (Å²) in [4.78, 5) is 4.78. The Hall–Kier alpha value is -1.35. The Balaban J connectivity index is 2.06. The van der Waals surface area contributed by atoms with Gasteiger partial charge in [0.15, 0.2) is 0 Å². The minimum atomic E-state index is 0.468. The van der Waals surface area contributed by atoms with Crippen LogP contribution in [0, 0.1) is 0 Å². The lowest BCUT2D eigenvalue weighted by Gasteiger charge is -2.10. The van der Waals surface area contributed by atoms with Gasteiger partial charge in [0.25, 0.3) is 0 Å². The number of aryl methyl sites for hydroxylation is 1. The largest absolute Gasteiger partial charge is 0.331 e. The Kier molecular flexibility index (Phi) is 2.86. The topological polar surface area (TPSA) is 29.9 Å². The van der Waals surface area contributed by atoms with Crippen LogP contribution in [0.15, 0.2) is 18.2 Å². The number of hydrogen-bond acceptors (Lipinski definition) is 2. The van der Waals surface area contributed by atoms with E-state index < -0.39 is 0 Å². The average Bonchev–Trinajstić information content (AvgIpc) is 2.97. The van der Waals surface area contributed by atoms with Crippen LogP contribution in [0.4, 0.5) is 0 Å². The quantitative estimate of drug-likeness (QED) is 0.878. The summed E-state index contributed by atoms with van der Waals surface area (Å²) in [7, 11) is 2.11. The minimum Gasteiger partial charge on any atom is -0.331 e. The molecule has 0 bridgehead atoms. The van der Waals surface area contributed by atoms with Gasteiger partial charge in [-0.25, -0.2) is 4.98 Å². The van der Waals surface area contributed by atoms with E-state index in [4.69, 9.17) is 4.98 Å². The molecule has 2 heterocycles. The van der Waals surface area contributed by atoms with Gasteiger partial charge in [0.05, 0.1) is 11.0 Å². The normalized spacial score (nSPS) is 20.1. The summed E-state index contributed by atoms with van der Waals surface area (Å²) in [6.45, 7) is 5.53. The zero-order valence-electron chi connectivity index (χ0n) is 11.4. The van der Waals surface area contributed by atoms with Crippen LogP contribution in [0.25, 0.3) is 11.0 Å². The fourth-order valence-electron chi connectivity index (χ4n) is 2.94. The second-order valence-corrected chi connectivity index (χ2v) is 5.58. The molecular formula is C15H21N3. The molecule has 3 rings (SSSR count). The molecule has 3 nitrogen and oxygen atoms in total. The van der Waals surface area contributed by atoms with Crippen molar-refractivity contribution in [1.29, 1.82) is 0 Å². The first kappa shape index (κ1) is 11.7. The minimum absolute atomic E-state index is 0.468. The van der Waals surface area contributed by atoms with E-state index in [0.717, 1.165) is 12.1 Å². The standard InChI is InChI=1S/C15H21N3/c1-10(2)15-17-13-9-11(12-5-4-8-16-12)6-7-14(13)18(15)3/h6-7,9-10,12,16H,4-5,8H2,1-3H3. The van der Waals surface area contributed by atoms with Gasteiger partial charge in [-0.2, -0.15) is 0 Å². The third-order valence-corrected chi connectivity index (χ3v) is 3.92. The van der Waals surface area contributed by atoms with E-state index in [9.17, 15) is 0 Å². The molecule has 1 aromatic heterocycles. The van der Waals surface area contributed by atoms with Gasteiger partial charge >= 0.3 is 0 Å². The van der Waals surface area contributed by atoms with Crippen molar-refractivity contribution in [2.45, 2.75) is 38.6 Å². The van der Waals surface area contributed by atoms with Gasteiger partial charge in [0.1, 0.15) is 5.82 Å². The number of nitrogens with one attached hydrogen (secondary N) is 1. The van der Waals surface area contributed by atoms with Gasteiger partial charge in [-0.05, 0) is 37.1 Å². The molecule has 0 aliphatic carbocycles. The predicted molar refractivity (Wildman–Crippen MR) is 74.8 cm³/mol. The van der Waals surface area contributed by atoms with Crippen molar-refractivity contribution < 1.29 is 0 Å². The average molecular weight is 243 g/mol. The summed E-state index contributed by atoms with van der Waals surface area (Å²) in [5.41, 5.74) is 3.75. The molecule has 0 radical (unpaired) electrons. The maximum Gasteiger partial charge on any atom is 0.112 e. The smallest absolute Gasteiger partial charge is 0.112 e. The Bertz CT molecular complexity index is 562.